The highest BCUT2D eigenvalue weighted by Crippen LogP contribution is 2.30. The Labute approximate surface area is 83.7 Å². The molecule has 4 heteroatoms. The van der Waals surface area contributed by atoms with E-state index in [1.165, 1.54) is 0 Å². The lowest BCUT2D eigenvalue weighted by molar-refractivity contribution is -0.147. The number of carbonyl (C=O) groups is 1. The van der Waals surface area contributed by atoms with Gasteiger partial charge >= 0.3 is 0 Å². The fourth-order valence-electron chi connectivity index (χ4n) is 1.95. The summed E-state index contributed by atoms with van der Waals surface area (Å²) in [6, 6.07) is 0. The molecular formula is C10H16N2O2. The minimum Gasteiger partial charge on any atom is -0.480 e. The van der Waals surface area contributed by atoms with Gasteiger partial charge in [-0.3, -0.25) is 4.79 Å². The first kappa shape index (κ1) is 9.52. The van der Waals surface area contributed by atoms with E-state index in [1.807, 2.05) is 13.8 Å². The van der Waals surface area contributed by atoms with Crippen LogP contribution in [-0.2, 0) is 9.53 Å². The largest absolute Gasteiger partial charge is 0.480 e. The highest BCUT2D eigenvalue weighted by atomic mass is 16.5. The van der Waals surface area contributed by atoms with Crippen molar-refractivity contribution in [3.05, 3.63) is 11.5 Å². The Balaban J connectivity index is 2.24. The molecule has 0 saturated carbocycles. The zero-order valence-corrected chi connectivity index (χ0v) is 8.64. The van der Waals surface area contributed by atoms with Crippen molar-refractivity contribution in [3.8, 4) is 0 Å². The summed E-state index contributed by atoms with van der Waals surface area (Å²) in [5.41, 5.74) is 0.230. The number of carbonyl (C=O) groups excluding carboxylic acids is 1. The molecule has 2 heterocycles. The Kier molecular flexibility index (Phi) is 2.23. The Bertz CT molecular complexity index is 290. The summed E-state index contributed by atoms with van der Waals surface area (Å²) in [5.74, 6) is 0.855. The number of piperidine rings is 1. The lowest BCUT2D eigenvalue weighted by Crippen LogP contribution is -2.56. The summed E-state index contributed by atoms with van der Waals surface area (Å²) < 4.78 is 5.77. The van der Waals surface area contributed by atoms with Crippen LogP contribution in [0.5, 0.6) is 0 Å². The molecular weight excluding hydrogens is 180 g/mol. The molecule has 0 aromatic carbocycles. The maximum absolute atomic E-state index is 11.8. The van der Waals surface area contributed by atoms with Crippen molar-refractivity contribution in [1.29, 1.82) is 0 Å². The zero-order valence-electron chi connectivity index (χ0n) is 8.64. The fraction of sp³-hybridized carbons (Fsp3) is 0.700. The third kappa shape index (κ3) is 1.39. The Hall–Kier alpha value is -1.03. The van der Waals surface area contributed by atoms with Crippen LogP contribution in [0.2, 0.25) is 0 Å². The first-order valence-electron chi connectivity index (χ1n) is 5.03. The number of nitrogens with one attached hydrogen (secondary N) is 2. The molecule has 0 aliphatic carbocycles. The van der Waals surface area contributed by atoms with Gasteiger partial charge in [0, 0.05) is 12.8 Å². The lowest BCUT2D eigenvalue weighted by Gasteiger charge is -2.40. The predicted molar refractivity (Wildman–Crippen MR) is 52.4 cm³/mol. The average molecular weight is 196 g/mol. The topological polar surface area (TPSA) is 50.4 Å². The standard InChI is InChI=1S/C10H16N2O2/c1-7-8(2)14-10(9(13)12-7)3-5-11-6-4-10/h11H,3-6H2,1-2H3,(H,12,13). The minimum absolute atomic E-state index is 0.0158. The second kappa shape index (κ2) is 3.28. The van der Waals surface area contributed by atoms with Crippen LogP contribution in [-0.4, -0.2) is 24.6 Å². The van der Waals surface area contributed by atoms with Gasteiger partial charge in [-0.05, 0) is 26.9 Å². The molecule has 2 aliphatic rings. The van der Waals surface area contributed by atoms with Crippen LogP contribution < -0.4 is 10.6 Å². The Morgan fingerprint density at radius 2 is 1.93 bits per heavy atom. The quantitative estimate of drug-likeness (QED) is 0.593. The Morgan fingerprint density at radius 3 is 2.57 bits per heavy atom. The molecule has 14 heavy (non-hydrogen) atoms. The van der Waals surface area contributed by atoms with Crippen LogP contribution in [0.25, 0.3) is 0 Å². The second-order valence-electron chi connectivity index (χ2n) is 3.98. The summed E-state index contributed by atoms with van der Waals surface area (Å²) >= 11 is 0. The van der Waals surface area contributed by atoms with Crippen molar-refractivity contribution in [3.63, 3.8) is 0 Å². The van der Waals surface area contributed by atoms with E-state index in [2.05, 4.69) is 10.6 Å². The normalized spacial score (nSPS) is 26.0. The summed E-state index contributed by atoms with van der Waals surface area (Å²) in [6.45, 7) is 5.46. The molecule has 1 spiro atoms. The second-order valence-corrected chi connectivity index (χ2v) is 3.98. The SMILES string of the molecule is CC1=C(C)OC2(CCNCC2)C(=O)N1. The van der Waals surface area contributed by atoms with Gasteiger partial charge in [0.2, 0.25) is 0 Å². The van der Waals surface area contributed by atoms with Crippen molar-refractivity contribution >= 4 is 5.91 Å². The molecule has 0 atom stereocenters. The van der Waals surface area contributed by atoms with Gasteiger partial charge in [-0.1, -0.05) is 0 Å². The number of hydrogen-bond acceptors (Lipinski definition) is 3. The minimum atomic E-state index is -0.602. The van der Waals surface area contributed by atoms with Gasteiger partial charge in [-0.2, -0.15) is 0 Å². The van der Waals surface area contributed by atoms with E-state index in [1.54, 1.807) is 0 Å². The number of ether oxygens (including phenoxy) is 1. The number of hydrogen-bond donors (Lipinski definition) is 2. The van der Waals surface area contributed by atoms with Crippen LogP contribution in [0.15, 0.2) is 11.5 Å². The number of amides is 1. The molecule has 0 bridgehead atoms. The smallest absolute Gasteiger partial charge is 0.268 e. The van der Waals surface area contributed by atoms with E-state index in [-0.39, 0.29) is 5.91 Å². The monoisotopic (exact) mass is 196 g/mol. The first-order chi connectivity index (χ1) is 6.64. The van der Waals surface area contributed by atoms with Crippen LogP contribution >= 0.6 is 0 Å². The van der Waals surface area contributed by atoms with Crippen LogP contribution in [0.3, 0.4) is 0 Å². The molecule has 0 unspecified atom stereocenters. The van der Waals surface area contributed by atoms with Gasteiger partial charge in [0.1, 0.15) is 5.76 Å². The highest BCUT2D eigenvalue weighted by Gasteiger charge is 2.44. The maximum atomic E-state index is 11.8. The van der Waals surface area contributed by atoms with E-state index in [0.717, 1.165) is 37.4 Å². The van der Waals surface area contributed by atoms with Crippen molar-refractivity contribution in [1.82, 2.24) is 10.6 Å². The van der Waals surface area contributed by atoms with Crippen molar-refractivity contribution in [2.24, 2.45) is 0 Å². The molecule has 0 aromatic heterocycles. The molecule has 2 aliphatic heterocycles. The molecule has 0 aromatic rings. The van der Waals surface area contributed by atoms with Gasteiger partial charge in [0.05, 0.1) is 5.70 Å². The van der Waals surface area contributed by atoms with E-state index < -0.39 is 5.60 Å². The summed E-state index contributed by atoms with van der Waals surface area (Å²) in [6.07, 6.45) is 1.51. The molecule has 2 rings (SSSR count). The van der Waals surface area contributed by atoms with Gasteiger partial charge in [-0.25, -0.2) is 0 Å². The molecule has 1 fully saturated rings. The molecule has 0 radical (unpaired) electrons. The fourth-order valence-corrected chi connectivity index (χ4v) is 1.95. The maximum Gasteiger partial charge on any atom is 0.268 e. The average Bonchev–Trinajstić information content (AvgIpc) is 2.17. The van der Waals surface area contributed by atoms with E-state index in [9.17, 15) is 4.79 Å². The highest BCUT2D eigenvalue weighted by molar-refractivity contribution is 5.87. The van der Waals surface area contributed by atoms with E-state index >= 15 is 0 Å². The third-order valence-corrected chi connectivity index (χ3v) is 3.00. The number of rotatable bonds is 0. The van der Waals surface area contributed by atoms with Crippen LogP contribution in [0, 0.1) is 0 Å². The lowest BCUT2D eigenvalue weighted by atomic mass is 9.90. The van der Waals surface area contributed by atoms with E-state index in [4.69, 9.17) is 4.74 Å². The van der Waals surface area contributed by atoms with Crippen molar-refractivity contribution in [2.75, 3.05) is 13.1 Å². The summed E-state index contributed by atoms with van der Waals surface area (Å²) in [4.78, 5) is 11.8. The van der Waals surface area contributed by atoms with Crippen LogP contribution in [0.1, 0.15) is 26.7 Å². The molecule has 1 amide bonds. The van der Waals surface area contributed by atoms with Gasteiger partial charge < -0.3 is 15.4 Å². The molecule has 2 N–H and O–H groups in total. The molecule has 1 saturated heterocycles. The summed E-state index contributed by atoms with van der Waals surface area (Å²) in [7, 11) is 0. The third-order valence-electron chi connectivity index (χ3n) is 3.00. The van der Waals surface area contributed by atoms with Crippen LogP contribution in [0.4, 0.5) is 0 Å². The van der Waals surface area contributed by atoms with E-state index in [0.29, 0.717) is 0 Å². The predicted octanol–water partition coefficient (Wildman–Crippen LogP) is 0.506. The van der Waals surface area contributed by atoms with Gasteiger partial charge in [-0.15, -0.1) is 0 Å². The van der Waals surface area contributed by atoms with Crippen molar-refractivity contribution < 1.29 is 9.53 Å². The summed E-state index contributed by atoms with van der Waals surface area (Å²) in [5, 5.41) is 6.10. The zero-order chi connectivity index (χ0) is 10.2. The Morgan fingerprint density at radius 1 is 1.29 bits per heavy atom. The number of allylic oxidation sites excluding steroid dienone is 2. The van der Waals surface area contributed by atoms with Gasteiger partial charge in [0.25, 0.3) is 5.91 Å². The van der Waals surface area contributed by atoms with Gasteiger partial charge in [0.15, 0.2) is 5.60 Å². The first-order valence-corrected chi connectivity index (χ1v) is 5.03. The molecule has 4 nitrogen and oxygen atoms in total. The molecule has 78 valence electrons. The van der Waals surface area contributed by atoms with Crippen molar-refractivity contribution in [2.45, 2.75) is 32.3 Å².